The molecule has 1 amide bonds. The summed E-state index contributed by atoms with van der Waals surface area (Å²) in [5.41, 5.74) is 1.72. The second-order valence-corrected chi connectivity index (χ2v) is 8.72. The second kappa shape index (κ2) is 7.94. The highest BCUT2D eigenvalue weighted by atomic mass is 35.5. The second-order valence-electron chi connectivity index (χ2n) is 5.35. The zero-order chi connectivity index (χ0) is 18.6. The van der Waals surface area contributed by atoms with Crippen LogP contribution in [0.5, 0.6) is 0 Å². The predicted octanol–water partition coefficient (Wildman–Crippen LogP) is 2.95. The Labute approximate surface area is 159 Å². The van der Waals surface area contributed by atoms with E-state index < -0.39 is 21.5 Å². The average molecular weight is 408 g/mol. The number of pyridine rings is 1. The van der Waals surface area contributed by atoms with E-state index in [1.54, 1.807) is 12.4 Å². The Morgan fingerprint density at radius 1 is 1.12 bits per heavy atom. The van der Waals surface area contributed by atoms with Crippen LogP contribution in [0.25, 0.3) is 11.3 Å². The molecule has 0 unspecified atom stereocenters. The first-order valence-electron chi connectivity index (χ1n) is 7.54. The van der Waals surface area contributed by atoms with Crippen molar-refractivity contribution in [3.8, 4) is 11.3 Å². The Hall–Kier alpha value is -2.29. The van der Waals surface area contributed by atoms with E-state index >= 15 is 0 Å². The van der Waals surface area contributed by atoms with Gasteiger partial charge in [-0.1, -0.05) is 11.6 Å². The van der Waals surface area contributed by atoms with Crippen molar-refractivity contribution in [3.05, 3.63) is 64.2 Å². The molecule has 6 nitrogen and oxygen atoms in total. The Morgan fingerprint density at radius 3 is 2.50 bits per heavy atom. The van der Waals surface area contributed by atoms with Crippen molar-refractivity contribution in [2.75, 3.05) is 5.75 Å². The first-order valence-corrected chi connectivity index (χ1v) is 10.4. The highest BCUT2D eigenvalue weighted by molar-refractivity contribution is 7.92. The molecule has 9 heteroatoms. The van der Waals surface area contributed by atoms with E-state index in [-0.39, 0.29) is 11.4 Å². The van der Waals surface area contributed by atoms with Crippen LogP contribution in [0.2, 0.25) is 5.02 Å². The van der Waals surface area contributed by atoms with Gasteiger partial charge in [0.15, 0.2) is 9.84 Å². The summed E-state index contributed by atoms with van der Waals surface area (Å²) in [6, 6.07) is 9.40. The highest BCUT2D eigenvalue weighted by Gasteiger charge is 2.19. The van der Waals surface area contributed by atoms with Gasteiger partial charge in [-0.3, -0.25) is 9.78 Å². The van der Waals surface area contributed by atoms with Crippen LogP contribution < -0.4 is 5.32 Å². The van der Waals surface area contributed by atoms with Gasteiger partial charge in [-0.05, 0) is 36.4 Å². The number of sulfone groups is 1. The number of benzene rings is 1. The summed E-state index contributed by atoms with van der Waals surface area (Å²) in [7, 11) is -3.71. The lowest BCUT2D eigenvalue weighted by Gasteiger charge is -2.05. The van der Waals surface area contributed by atoms with Crippen molar-refractivity contribution in [2.45, 2.75) is 11.4 Å². The minimum absolute atomic E-state index is 0.0614. The Kier molecular flexibility index (Phi) is 5.65. The SMILES string of the molecule is O=C(CS(=O)(=O)c1ccc(Cl)cc1)NCc1nc(-c2ccncc2)cs1. The summed E-state index contributed by atoms with van der Waals surface area (Å²) < 4.78 is 24.5. The number of nitrogens with zero attached hydrogens (tertiary/aromatic N) is 2. The molecule has 2 heterocycles. The van der Waals surface area contributed by atoms with Gasteiger partial charge >= 0.3 is 0 Å². The topological polar surface area (TPSA) is 89.0 Å². The molecule has 3 rings (SSSR count). The molecule has 0 saturated heterocycles. The molecule has 0 aliphatic heterocycles. The molecule has 2 aromatic heterocycles. The lowest BCUT2D eigenvalue weighted by molar-refractivity contribution is -0.118. The molecule has 0 radical (unpaired) electrons. The lowest BCUT2D eigenvalue weighted by Crippen LogP contribution is -2.29. The third kappa shape index (κ3) is 4.66. The third-order valence-electron chi connectivity index (χ3n) is 3.46. The van der Waals surface area contributed by atoms with E-state index in [2.05, 4.69) is 15.3 Å². The maximum Gasteiger partial charge on any atom is 0.235 e. The van der Waals surface area contributed by atoms with Crippen LogP contribution in [0, 0.1) is 0 Å². The average Bonchev–Trinajstić information content (AvgIpc) is 3.10. The minimum atomic E-state index is -3.71. The maximum atomic E-state index is 12.2. The number of hydrogen-bond donors (Lipinski definition) is 1. The van der Waals surface area contributed by atoms with Crippen molar-refractivity contribution in [1.82, 2.24) is 15.3 Å². The lowest BCUT2D eigenvalue weighted by atomic mass is 10.2. The third-order valence-corrected chi connectivity index (χ3v) is 6.19. The number of hydrogen-bond acceptors (Lipinski definition) is 6. The Morgan fingerprint density at radius 2 is 1.81 bits per heavy atom. The number of nitrogens with one attached hydrogen (secondary N) is 1. The normalized spacial score (nSPS) is 11.3. The van der Waals surface area contributed by atoms with E-state index in [1.165, 1.54) is 35.6 Å². The van der Waals surface area contributed by atoms with Gasteiger partial charge in [0.25, 0.3) is 0 Å². The molecule has 1 N–H and O–H groups in total. The van der Waals surface area contributed by atoms with Crippen LogP contribution in [0.15, 0.2) is 59.1 Å². The monoisotopic (exact) mass is 407 g/mol. The van der Waals surface area contributed by atoms with Crippen LogP contribution in [0.1, 0.15) is 5.01 Å². The van der Waals surface area contributed by atoms with E-state index in [0.29, 0.717) is 10.0 Å². The molecule has 0 spiro atoms. The maximum absolute atomic E-state index is 12.2. The van der Waals surface area contributed by atoms with Gasteiger partial charge in [-0.2, -0.15) is 0 Å². The summed E-state index contributed by atoms with van der Waals surface area (Å²) >= 11 is 7.14. The first kappa shape index (κ1) is 18.5. The van der Waals surface area contributed by atoms with Crippen LogP contribution in [0.3, 0.4) is 0 Å². The molecule has 0 fully saturated rings. The summed E-state index contributed by atoms with van der Waals surface area (Å²) in [6.45, 7) is 0.171. The number of amides is 1. The molecular formula is C17H14ClN3O3S2. The van der Waals surface area contributed by atoms with Crippen LogP contribution >= 0.6 is 22.9 Å². The molecule has 0 atom stereocenters. The van der Waals surface area contributed by atoms with Crippen LogP contribution in [0.4, 0.5) is 0 Å². The smallest absolute Gasteiger partial charge is 0.235 e. The molecule has 134 valence electrons. The van der Waals surface area contributed by atoms with Gasteiger partial charge in [0.2, 0.25) is 5.91 Å². The zero-order valence-electron chi connectivity index (χ0n) is 13.4. The van der Waals surface area contributed by atoms with Crippen molar-refractivity contribution < 1.29 is 13.2 Å². The summed E-state index contributed by atoms with van der Waals surface area (Å²) in [6.07, 6.45) is 3.36. The molecule has 1 aromatic carbocycles. The number of carbonyl (C=O) groups excluding carboxylic acids is 1. The minimum Gasteiger partial charge on any atom is -0.349 e. The van der Waals surface area contributed by atoms with E-state index in [1.807, 2.05) is 17.5 Å². The molecular weight excluding hydrogens is 394 g/mol. The summed E-state index contributed by atoms with van der Waals surface area (Å²) in [5.74, 6) is -1.21. The number of aromatic nitrogens is 2. The van der Waals surface area contributed by atoms with E-state index in [9.17, 15) is 13.2 Å². The van der Waals surface area contributed by atoms with Crippen molar-refractivity contribution in [2.24, 2.45) is 0 Å². The Bertz CT molecular complexity index is 1000. The van der Waals surface area contributed by atoms with Crippen molar-refractivity contribution in [1.29, 1.82) is 0 Å². The molecule has 0 aliphatic carbocycles. The van der Waals surface area contributed by atoms with E-state index in [0.717, 1.165) is 11.3 Å². The van der Waals surface area contributed by atoms with Gasteiger partial charge in [-0.15, -0.1) is 11.3 Å². The highest BCUT2D eigenvalue weighted by Crippen LogP contribution is 2.21. The number of carbonyl (C=O) groups is 1. The van der Waals surface area contributed by atoms with Gasteiger partial charge in [0, 0.05) is 28.4 Å². The fraction of sp³-hybridized carbons (Fsp3) is 0.118. The van der Waals surface area contributed by atoms with Crippen LogP contribution in [-0.4, -0.2) is 30.0 Å². The number of thiazole rings is 1. The largest absolute Gasteiger partial charge is 0.349 e. The zero-order valence-corrected chi connectivity index (χ0v) is 15.8. The number of halogens is 1. The van der Waals surface area contributed by atoms with E-state index in [4.69, 9.17) is 11.6 Å². The van der Waals surface area contributed by atoms with Gasteiger partial charge < -0.3 is 5.32 Å². The number of rotatable bonds is 6. The summed E-state index contributed by atoms with van der Waals surface area (Å²) in [4.78, 5) is 20.4. The van der Waals surface area contributed by atoms with Gasteiger partial charge in [0.1, 0.15) is 10.8 Å². The molecule has 0 saturated carbocycles. The Balaban J connectivity index is 1.59. The first-order chi connectivity index (χ1) is 12.4. The fourth-order valence-electron chi connectivity index (χ4n) is 2.17. The van der Waals surface area contributed by atoms with Crippen LogP contribution in [-0.2, 0) is 21.2 Å². The molecule has 3 aromatic rings. The summed E-state index contributed by atoms with van der Waals surface area (Å²) in [5, 5.41) is 5.59. The van der Waals surface area contributed by atoms with Gasteiger partial charge in [-0.25, -0.2) is 13.4 Å². The predicted molar refractivity (Wildman–Crippen MR) is 101 cm³/mol. The van der Waals surface area contributed by atoms with Gasteiger partial charge in [0.05, 0.1) is 17.1 Å². The van der Waals surface area contributed by atoms with Crippen molar-refractivity contribution >= 4 is 38.7 Å². The quantitative estimate of drug-likeness (QED) is 0.678. The fourth-order valence-corrected chi connectivity index (χ4v) is 4.20. The van der Waals surface area contributed by atoms with Crippen molar-refractivity contribution in [3.63, 3.8) is 0 Å². The standard InChI is InChI=1S/C17H14ClN3O3S2/c18-13-1-3-14(4-2-13)26(23,24)11-16(22)20-9-17-21-15(10-25-17)12-5-7-19-8-6-12/h1-8,10H,9,11H2,(H,20,22). The molecule has 0 bridgehead atoms. The molecule has 0 aliphatic rings. The molecule has 26 heavy (non-hydrogen) atoms.